The van der Waals surface area contributed by atoms with Gasteiger partial charge in [0.1, 0.15) is 6.10 Å². The number of amides is 1. The van der Waals surface area contributed by atoms with Gasteiger partial charge in [0.2, 0.25) is 5.91 Å². The predicted molar refractivity (Wildman–Crippen MR) is 90.7 cm³/mol. The van der Waals surface area contributed by atoms with Gasteiger partial charge in [0.25, 0.3) is 0 Å². The Bertz CT molecular complexity index is 665. The van der Waals surface area contributed by atoms with Gasteiger partial charge in [0.05, 0.1) is 19.6 Å². The van der Waals surface area contributed by atoms with E-state index in [4.69, 9.17) is 4.74 Å². The molecule has 23 heavy (non-hydrogen) atoms. The maximum Gasteiger partial charge on any atom is 0.228 e. The van der Waals surface area contributed by atoms with Crippen LogP contribution in [0, 0.1) is 0 Å². The van der Waals surface area contributed by atoms with Crippen LogP contribution in [-0.4, -0.2) is 47.8 Å². The number of carbonyl (C=O) groups is 1. The molecule has 0 bridgehead atoms. The van der Waals surface area contributed by atoms with Crippen LogP contribution in [0.5, 0.6) is 0 Å². The Hall–Kier alpha value is -1.70. The Kier molecular flexibility index (Phi) is 5.09. The third-order valence-electron chi connectivity index (χ3n) is 3.82. The normalized spacial score (nSPS) is 17.3. The van der Waals surface area contributed by atoms with E-state index >= 15 is 0 Å². The lowest BCUT2D eigenvalue weighted by molar-refractivity contribution is -0.119. The van der Waals surface area contributed by atoms with Gasteiger partial charge >= 0.3 is 0 Å². The van der Waals surface area contributed by atoms with Gasteiger partial charge in [-0.3, -0.25) is 9.48 Å². The van der Waals surface area contributed by atoms with Crippen molar-refractivity contribution in [2.24, 2.45) is 0 Å². The minimum atomic E-state index is -0.130. The van der Waals surface area contributed by atoms with Gasteiger partial charge in [0, 0.05) is 23.7 Å². The minimum absolute atomic E-state index is 0.0610. The zero-order valence-electron chi connectivity index (χ0n) is 13.5. The Balaban J connectivity index is 1.54. The van der Waals surface area contributed by atoms with Crippen LogP contribution in [-0.2, 0) is 22.5 Å². The fraction of sp³-hybridized carbons (Fsp3) is 0.500. The summed E-state index contributed by atoms with van der Waals surface area (Å²) in [5, 5.41) is 9.30. The van der Waals surface area contributed by atoms with Crippen LogP contribution in [0.15, 0.2) is 23.7 Å². The van der Waals surface area contributed by atoms with Crippen molar-refractivity contribution in [3.8, 4) is 0 Å². The molecule has 0 aromatic carbocycles. The number of thiophene rings is 1. The molecule has 2 aromatic heterocycles. The molecule has 0 spiro atoms. The van der Waals surface area contributed by atoms with Crippen LogP contribution in [0.4, 0.5) is 5.82 Å². The molecular formula is C16H22N4O2S. The first-order valence-electron chi connectivity index (χ1n) is 7.78. The van der Waals surface area contributed by atoms with E-state index in [-0.39, 0.29) is 12.0 Å². The fourth-order valence-corrected chi connectivity index (χ4v) is 3.60. The van der Waals surface area contributed by atoms with Crippen molar-refractivity contribution in [3.05, 3.63) is 34.2 Å². The van der Waals surface area contributed by atoms with Crippen LogP contribution in [0.25, 0.3) is 0 Å². The number of ether oxygens (including phenoxy) is 1. The molecule has 0 saturated heterocycles. The number of nitrogens with one attached hydrogen (secondary N) is 1. The Morgan fingerprint density at radius 1 is 1.52 bits per heavy atom. The van der Waals surface area contributed by atoms with Crippen LogP contribution in [0.3, 0.4) is 0 Å². The molecule has 1 amide bonds. The van der Waals surface area contributed by atoms with Crippen LogP contribution in [0.2, 0.25) is 0 Å². The zero-order chi connectivity index (χ0) is 16.2. The number of hydrogen-bond donors (Lipinski definition) is 1. The number of fused-ring (bicyclic) bond motifs is 1. The van der Waals surface area contributed by atoms with Crippen molar-refractivity contribution in [1.82, 2.24) is 14.7 Å². The van der Waals surface area contributed by atoms with Gasteiger partial charge < -0.3 is 15.0 Å². The summed E-state index contributed by atoms with van der Waals surface area (Å²) in [4.78, 5) is 15.5. The van der Waals surface area contributed by atoms with Gasteiger partial charge in [-0.25, -0.2) is 0 Å². The predicted octanol–water partition coefficient (Wildman–Crippen LogP) is 2.15. The molecule has 0 fully saturated rings. The van der Waals surface area contributed by atoms with E-state index in [0.29, 0.717) is 18.8 Å². The molecule has 6 nitrogen and oxygen atoms in total. The molecule has 124 valence electrons. The summed E-state index contributed by atoms with van der Waals surface area (Å²) in [5.74, 6) is 0.532. The van der Waals surface area contributed by atoms with Gasteiger partial charge in [-0.05, 0) is 37.5 Å². The first kappa shape index (κ1) is 16.2. The third-order valence-corrected chi connectivity index (χ3v) is 4.87. The largest absolute Gasteiger partial charge is 0.372 e. The molecule has 1 unspecified atom stereocenters. The van der Waals surface area contributed by atoms with Crippen molar-refractivity contribution in [3.63, 3.8) is 0 Å². The molecule has 0 saturated carbocycles. The van der Waals surface area contributed by atoms with Crippen LogP contribution < -0.4 is 5.32 Å². The second kappa shape index (κ2) is 7.25. The number of rotatable bonds is 6. The quantitative estimate of drug-likeness (QED) is 0.879. The van der Waals surface area contributed by atoms with Crippen molar-refractivity contribution >= 4 is 23.1 Å². The monoisotopic (exact) mass is 334 g/mol. The molecule has 1 N–H and O–H groups in total. The first-order valence-corrected chi connectivity index (χ1v) is 8.65. The minimum Gasteiger partial charge on any atom is -0.372 e. The lowest BCUT2D eigenvalue weighted by Gasteiger charge is -2.22. The van der Waals surface area contributed by atoms with E-state index < -0.39 is 0 Å². The zero-order valence-corrected chi connectivity index (χ0v) is 14.3. The summed E-state index contributed by atoms with van der Waals surface area (Å²) < 4.78 is 7.60. The average Bonchev–Trinajstić information content (AvgIpc) is 3.14. The molecule has 1 aliphatic rings. The van der Waals surface area contributed by atoms with Gasteiger partial charge in [-0.2, -0.15) is 5.10 Å². The molecule has 2 aromatic rings. The number of nitrogens with zero attached hydrogens (tertiary/aromatic N) is 3. The number of anilines is 1. The summed E-state index contributed by atoms with van der Waals surface area (Å²) in [6, 6.07) is 3.95. The highest BCUT2D eigenvalue weighted by atomic mass is 32.1. The average molecular weight is 334 g/mol. The molecule has 1 atom stereocenters. The molecule has 3 rings (SSSR count). The van der Waals surface area contributed by atoms with E-state index in [2.05, 4.69) is 26.8 Å². The number of carbonyl (C=O) groups excluding carboxylic acids is 1. The fourth-order valence-electron chi connectivity index (χ4n) is 2.59. The Morgan fingerprint density at radius 2 is 2.39 bits per heavy atom. The topological polar surface area (TPSA) is 59.4 Å². The molecule has 0 aliphatic carbocycles. The standard InChI is InChI=1S/C16H22N4O2S/c1-19(2)7-8-20-6-3-14(18-20)17-15(21)11-13-16-12(4-9-22-13)5-10-23-16/h3,5-6,10,13H,4,7-9,11H2,1-2H3,(H,17,18,21). The summed E-state index contributed by atoms with van der Waals surface area (Å²) in [6.07, 6.45) is 3.02. The maximum atomic E-state index is 12.2. The highest BCUT2D eigenvalue weighted by Crippen LogP contribution is 2.33. The van der Waals surface area contributed by atoms with Gasteiger partial charge in [-0.15, -0.1) is 11.3 Å². The van der Waals surface area contributed by atoms with E-state index in [9.17, 15) is 4.79 Å². The first-order chi connectivity index (χ1) is 11.1. The van der Waals surface area contributed by atoms with E-state index in [1.807, 2.05) is 31.0 Å². The second-order valence-corrected chi connectivity index (χ2v) is 6.89. The number of hydrogen-bond acceptors (Lipinski definition) is 5. The van der Waals surface area contributed by atoms with E-state index in [0.717, 1.165) is 19.5 Å². The molecule has 1 aliphatic heterocycles. The third kappa shape index (κ3) is 4.19. The molecule has 0 radical (unpaired) electrons. The van der Waals surface area contributed by atoms with E-state index in [1.165, 1.54) is 10.4 Å². The summed E-state index contributed by atoms with van der Waals surface area (Å²) >= 11 is 1.67. The van der Waals surface area contributed by atoms with Crippen LogP contribution in [0.1, 0.15) is 23.0 Å². The SMILES string of the molecule is CN(C)CCn1ccc(NC(=O)CC2OCCc3ccsc32)n1. The highest BCUT2D eigenvalue weighted by molar-refractivity contribution is 7.10. The van der Waals surface area contributed by atoms with Crippen molar-refractivity contribution in [2.45, 2.75) is 25.5 Å². The molecule has 7 heteroatoms. The summed E-state index contributed by atoms with van der Waals surface area (Å²) in [7, 11) is 4.05. The van der Waals surface area contributed by atoms with Gasteiger partial charge in [-0.1, -0.05) is 0 Å². The maximum absolute atomic E-state index is 12.2. The van der Waals surface area contributed by atoms with Crippen molar-refractivity contribution in [1.29, 1.82) is 0 Å². The van der Waals surface area contributed by atoms with Gasteiger partial charge in [0.15, 0.2) is 5.82 Å². The Morgan fingerprint density at radius 3 is 3.22 bits per heavy atom. The van der Waals surface area contributed by atoms with E-state index in [1.54, 1.807) is 11.3 Å². The molecular weight excluding hydrogens is 312 g/mol. The second-order valence-electron chi connectivity index (χ2n) is 5.94. The number of aromatic nitrogens is 2. The molecule has 3 heterocycles. The Labute approximate surface area is 140 Å². The summed E-state index contributed by atoms with van der Waals surface area (Å²) in [5.41, 5.74) is 1.31. The summed E-state index contributed by atoms with van der Waals surface area (Å²) in [6.45, 7) is 2.39. The van der Waals surface area contributed by atoms with Crippen molar-refractivity contribution < 1.29 is 9.53 Å². The van der Waals surface area contributed by atoms with Crippen LogP contribution >= 0.6 is 11.3 Å². The van der Waals surface area contributed by atoms with Crippen molar-refractivity contribution in [2.75, 3.05) is 32.6 Å². The lowest BCUT2D eigenvalue weighted by Crippen LogP contribution is -2.21. The number of likely N-dealkylation sites (N-methyl/N-ethyl adjacent to an activating group) is 1. The smallest absolute Gasteiger partial charge is 0.228 e. The lowest BCUT2D eigenvalue weighted by atomic mass is 10.1. The highest BCUT2D eigenvalue weighted by Gasteiger charge is 2.24.